The average molecular weight is 204 g/mol. The lowest BCUT2D eigenvalue weighted by molar-refractivity contribution is 0.153. The van der Waals surface area contributed by atoms with Gasteiger partial charge in [0.05, 0.1) is 0 Å². The predicted molar refractivity (Wildman–Crippen MR) is 62.4 cm³/mol. The molecule has 8 unspecified atom stereocenters. The van der Waals surface area contributed by atoms with Gasteiger partial charge in [0.25, 0.3) is 0 Å². The van der Waals surface area contributed by atoms with Gasteiger partial charge < -0.3 is 0 Å². The maximum Gasteiger partial charge on any atom is -0.0321 e. The summed E-state index contributed by atoms with van der Waals surface area (Å²) in [5.74, 6) is 9.14. The van der Waals surface area contributed by atoms with Crippen LogP contribution in [-0.4, -0.2) is 0 Å². The number of hydrogen-bond donors (Lipinski definition) is 0. The Bertz CT molecular complexity index is 282. The molecule has 4 aliphatic carbocycles. The fourth-order valence-corrected chi connectivity index (χ4v) is 6.48. The van der Waals surface area contributed by atoms with Crippen LogP contribution in [0.15, 0.2) is 0 Å². The molecule has 0 radical (unpaired) electrons. The molecule has 0 aromatic heterocycles. The predicted octanol–water partition coefficient (Wildman–Crippen LogP) is 3.96. The standard InChI is InChI=1S/C15H24/c1-8-3-10-6-11(4-8)15-13-7-12(14(10)15)5-9(13)2/h8-15H,3-7H2,1-2H3. The first-order valence-corrected chi connectivity index (χ1v) is 7.24. The third kappa shape index (κ3) is 1.04. The van der Waals surface area contributed by atoms with Crippen molar-refractivity contribution in [1.82, 2.24) is 0 Å². The van der Waals surface area contributed by atoms with Crippen molar-refractivity contribution in [2.75, 3.05) is 0 Å². The molecule has 0 aliphatic heterocycles. The lowest BCUT2D eigenvalue weighted by atomic mass is 9.72. The molecule has 4 bridgehead atoms. The highest BCUT2D eigenvalue weighted by Crippen LogP contribution is 2.67. The van der Waals surface area contributed by atoms with E-state index in [1.165, 1.54) is 11.8 Å². The summed E-state index contributed by atoms with van der Waals surface area (Å²) in [5, 5.41) is 0. The van der Waals surface area contributed by atoms with Crippen molar-refractivity contribution < 1.29 is 0 Å². The van der Waals surface area contributed by atoms with E-state index in [9.17, 15) is 0 Å². The molecule has 4 aliphatic rings. The van der Waals surface area contributed by atoms with Gasteiger partial charge >= 0.3 is 0 Å². The normalized spacial score (nSPS) is 66.0. The second kappa shape index (κ2) is 2.81. The lowest BCUT2D eigenvalue weighted by Gasteiger charge is -2.33. The van der Waals surface area contributed by atoms with E-state index in [0.29, 0.717) is 0 Å². The number of hydrogen-bond acceptors (Lipinski definition) is 0. The van der Waals surface area contributed by atoms with Crippen LogP contribution in [0, 0.1) is 47.3 Å². The van der Waals surface area contributed by atoms with Crippen molar-refractivity contribution in [3.8, 4) is 0 Å². The van der Waals surface area contributed by atoms with Crippen LogP contribution in [0.2, 0.25) is 0 Å². The second-order valence-corrected chi connectivity index (χ2v) is 7.36. The van der Waals surface area contributed by atoms with E-state index >= 15 is 0 Å². The maximum absolute atomic E-state index is 2.53. The largest absolute Gasteiger partial charge is 0.0625 e. The topological polar surface area (TPSA) is 0 Å². The van der Waals surface area contributed by atoms with Crippen LogP contribution in [0.25, 0.3) is 0 Å². The third-order valence-electron chi connectivity index (χ3n) is 6.57. The molecule has 0 spiro atoms. The van der Waals surface area contributed by atoms with Gasteiger partial charge in [0.2, 0.25) is 0 Å². The van der Waals surface area contributed by atoms with E-state index in [4.69, 9.17) is 0 Å². The summed E-state index contributed by atoms with van der Waals surface area (Å²) in [6, 6.07) is 0. The fraction of sp³-hybridized carbons (Fsp3) is 1.00. The highest BCUT2D eigenvalue weighted by atomic mass is 14.6. The van der Waals surface area contributed by atoms with Gasteiger partial charge in [0.1, 0.15) is 0 Å². The van der Waals surface area contributed by atoms with Crippen molar-refractivity contribution in [2.45, 2.75) is 46.0 Å². The van der Waals surface area contributed by atoms with Gasteiger partial charge in [-0.1, -0.05) is 13.8 Å². The molecule has 0 saturated heterocycles. The minimum Gasteiger partial charge on any atom is -0.0625 e. The van der Waals surface area contributed by atoms with Crippen molar-refractivity contribution in [3.63, 3.8) is 0 Å². The monoisotopic (exact) mass is 204 g/mol. The molecule has 0 amide bonds. The zero-order chi connectivity index (χ0) is 10.2. The first-order chi connectivity index (χ1) is 7.24. The number of fused-ring (bicyclic) bond motifs is 9. The van der Waals surface area contributed by atoms with Crippen molar-refractivity contribution in [1.29, 1.82) is 0 Å². The van der Waals surface area contributed by atoms with Gasteiger partial charge in [0.15, 0.2) is 0 Å². The molecule has 0 heteroatoms. The zero-order valence-corrected chi connectivity index (χ0v) is 10.2. The minimum absolute atomic E-state index is 1.05. The molecule has 4 rings (SSSR count). The molecule has 0 aromatic carbocycles. The summed E-state index contributed by atoms with van der Waals surface area (Å²) in [6.07, 6.45) is 7.99. The molecule has 8 atom stereocenters. The number of rotatable bonds is 0. The van der Waals surface area contributed by atoms with E-state index in [-0.39, 0.29) is 0 Å². The SMILES string of the molecule is CC1CC2CC(C1)C1C3CC(CC3C)C21. The summed E-state index contributed by atoms with van der Waals surface area (Å²) in [4.78, 5) is 0. The summed E-state index contributed by atoms with van der Waals surface area (Å²) >= 11 is 0. The van der Waals surface area contributed by atoms with Crippen molar-refractivity contribution in [2.24, 2.45) is 47.3 Å². The summed E-state index contributed by atoms with van der Waals surface area (Å²) < 4.78 is 0. The molecule has 4 fully saturated rings. The third-order valence-corrected chi connectivity index (χ3v) is 6.57. The second-order valence-electron chi connectivity index (χ2n) is 7.36. The van der Waals surface area contributed by atoms with Crippen LogP contribution in [0.5, 0.6) is 0 Å². The Morgan fingerprint density at radius 1 is 0.667 bits per heavy atom. The first kappa shape index (κ1) is 9.07. The average Bonchev–Trinajstić information content (AvgIpc) is 2.78. The van der Waals surface area contributed by atoms with E-state index in [2.05, 4.69) is 13.8 Å². The summed E-state index contributed by atoms with van der Waals surface area (Å²) in [6.45, 7) is 5.04. The Hall–Kier alpha value is 0. The van der Waals surface area contributed by atoms with Gasteiger partial charge in [-0.3, -0.25) is 0 Å². The Balaban J connectivity index is 1.70. The molecular weight excluding hydrogens is 180 g/mol. The van der Waals surface area contributed by atoms with Gasteiger partial charge in [-0.15, -0.1) is 0 Å². The maximum atomic E-state index is 2.53. The Morgan fingerprint density at radius 2 is 1.33 bits per heavy atom. The van der Waals surface area contributed by atoms with Gasteiger partial charge in [0, 0.05) is 0 Å². The summed E-state index contributed by atoms with van der Waals surface area (Å²) in [5.41, 5.74) is 0. The summed E-state index contributed by atoms with van der Waals surface area (Å²) in [7, 11) is 0. The molecule has 4 saturated carbocycles. The minimum atomic E-state index is 1.05. The Labute approximate surface area is 93.8 Å². The highest BCUT2D eigenvalue weighted by molar-refractivity contribution is 5.09. The molecule has 0 aromatic rings. The molecule has 0 N–H and O–H groups in total. The van der Waals surface area contributed by atoms with E-state index in [0.717, 1.165) is 35.5 Å². The first-order valence-electron chi connectivity index (χ1n) is 7.24. The quantitative estimate of drug-likeness (QED) is 0.524. The van der Waals surface area contributed by atoms with Crippen molar-refractivity contribution >= 4 is 0 Å². The molecule has 0 heterocycles. The van der Waals surface area contributed by atoms with Crippen molar-refractivity contribution in [3.05, 3.63) is 0 Å². The highest BCUT2D eigenvalue weighted by Gasteiger charge is 2.60. The van der Waals surface area contributed by atoms with Crippen LogP contribution in [0.1, 0.15) is 46.0 Å². The molecule has 15 heavy (non-hydrogen) atoms. The van der Waals surface area contributed by atoms with Crippen LogP contribution in [0.3, 0.4) is 0 Å². The Kier molecular flexibility index (Phi) is 1.70. The van der Waals surface area contributed by atoms with Gasteiger partial charge in [-0.05, 0) is 79.4 Å². The van der Waals surface area contributed by atoms with Crippen LogP contribution < -0.4 is 0 Å². The smallest absolute Gasteiger partial charge is 0.0321 e. The van der Waals surface area contributed by atoms with E-state index in [1.807, 2.05) is 0 Å². The van der Waals surface area contributed by atoms with Gasteiger partial charge in [-0.2, -0.15) is 0 Å². The Morgan fingerprint density at radius 3 is 2.13 bits per heavy atom. The fourth-order valence-electron chi connectivity index (χ4n) is 6.48. The van der Waals surface area contributed by atoms with E-state index < -0.39 is 0 Å². The molecular formula is C15H24. The van der Waals surface area contributed by atoms with Crippen LogP contribution in [0.4, 0.5) is 0 Å². The van der Waals surface area contributed by atoms with Crippen LogP contribution in [-0.2, 0) is 0 Å². The molecule has 0 nitrogen and oxygen atoms in total. The van der Waals surface area contributed by atoms with Crippen LogP contribution >= 0.6 is 0 Å². The van der Waals surface area contributed by atoms with Gasteiger partial charge in [-0.25, -0.2) is 0 Å². The van der Waals surface area contributed by atoms with E-state index in [1.54, 1.807) is 32.1 Å². The lowest BCUT2D eigenvalue weighted by Crippen LogP contribution is -2.27. The molecule has 84 valence electrons. The zero-order valence-electron chi connectivity index (χ0n) is 10.2.